The Bertz CT molecular complexity index is 1190. The second-order valence-corrected chi connectivity index (χ2v) is 8.19. The molecule has 6 nitrogen and oxygen atoms in total. The van der Waals surface area contributed by atoms with Gasteiger partial charge in [-0.3, -0.25) is 10.1 Å². The van der Waals surface area contributed by atoms with Gasteiger partial charge in [0.2, 0.25) is 4.96 Å². The maximum Gasteiger partial charge on any atom is 0.267 e. The van der Waals surface area contributed by atoms with E-state index in [1.165, 1.54) is 11.3 Å². The normalized spacial score (nSPS) is 12.1. The average molecular weight is 468 g/mol. The van der Waals surface area contributed by atoms with Crippen molar-refractivity contribution >= 4 is 63.0 Å². The third kappa shape index (κ3) is 4.33. The fourth-order valence-electron chi connectivity index (χ4n) is 2.60. The van der Waals surface area contributed by atoms with E-state index < -0.39 is 6.10 Å². The average Bonchev–Trinajstić information content (AvgIpc) is 3.24. The van der Waals surface area contributed by atoms with Gasteiger partial charge in [-0.2, -0.15) is 4.98 Å². The van der Waals surface area contributed by atoms with Crippen molar-refractivity contribution in [1.82, 2.24) is 14.6 Å². The Labute approximate surface area is 185 Å². The number of hydrogen-bond acceptors (Lipinski definition) is 5. The van der Waals surface area contributed by atoms with Crippen molar-refractivity contribution in [2.45, 2.75) is 13.0 Å². The Morgan fingerprint density at radius 3 is 2.59 bits per heavy atom. The largest absolute Gasteiger partial charge is 0.481 e. The van der Waals surface area contributed by atoms with Crippen molar-refractivity contribution in [2.24, 2.45) is 0 Å². The molecular weight excluding hydrogens is 455 g/mol. The van der Waals surface area contributed by atoms with Gasteiger partial charge >= 0.3 is 0 Å². The minimum atomic E-state index is -0.747. The first-order valence-electron chi connectivity index (χ1n) is 8.43. The van der Waals surface area contributed by atoms with E-state index in [0.717, 1.165) is 11.3 Å². The van der Waals surface area contributed by atoms with E-state index in [-0.39, 0.29) is 11.9 Å². The molecule has 4 aromatic rings. The number of thiazole rings is 1. The molecule has 1 N–H and O–H groups in total. The number of anilines is 1. The van der Waals surface area contributed by atoms with Crippen molar-refractivity contribution in [3.8, 4) is 17.0 Å². The van der Waals surface area contributed by atoms with Crippen LogP contribution in [0.15, 0.2) is 47.8 Å². The van der Waals surface area contributed by atoms with Crippen LogP contribution in [0.4, 0.5) is 5.95 Å². The standard InChI is InChI=1S/C19H13Cl3N4O2S/c1-10(28-13-5-2-11(20)3-6-13)17(27)23-18-24-19-26(25-18)16(9-29-19)14-7-4-12(21)8-15(14)22/h2-10H,1H3,(H,23,25,27). The Kier molecular flexibility index (Phi) is 5.65. The Morgan fingerprint density at radius 2 is 1.86 bits per heavy atom. The first-order chi connectivity index (χ1) is 13.9. The van der Waals surface area contributed by atoms with Crippen LogP contribution in [0.25, 0.3) is 16.2 Å². The molecule has 1 amide bonds. The highest BCUT2D eigenvalue weighted by atomic mass is 35.5. The highest BCUT2D eigenvalue weighted by Crippen LogP contribution is 2.33. The number of benzene rings is 2. The van der Waals surface area contributed by atoms with E-state index in [1.54, 1.807) is 47.8 Å². The van der Waals surface area contributed by atoms with Gasteiger partial charge in [0.1, 0.15) is 5.75 Å². The number of nitrogens with one attached hydrogen (secondary N) is 1. The Hall–Kier alpha value is -2.32. The molecule has 2 aromatic carbocycles. The molecule has 0 saturated heterocycles. The number of nitrogens with zero attached hydrogens (tertiary/aromatic N) is 3. The molecule has 0 radical (unpaired) electrons. The van der Waals surface area contributed by atoms with Crippen LogP contribution in [0, 0.1) is 0 Å². The minimum absolute atomic E-state index is 0.180. The molecule has 0 bridgehead atoms. The number of aromatic nitrogens is 3. The van der Waals surface area contributed by atoms with Gasteiger partial charge in [-0.25, -0.2) is 4.52 Å². The monoisotopic (exact) mass is 466 g/mol. The minimum Gasteiger partial charge on any atom is -0.481 e. The second kappa shape index (κ2) is 8.20. The molecule has 0 aliphatic carbocycles. The van der Waals surface area contributed by atoms with Gasteiger partial charge in [-0.05, 0) is 49.4 Å². The fourth-order valence-corrected chi connectivity index (χ4v) is 4.05. The zero-order chi connectivity index (χ0) is 20.5. The fraction of sp³-hybridized carbons (Fsp3) is 0.105. The molecule has 29 heavy (non-hydrogen) atoms. The van der Waals surface area contributed by atoms with E-state index in [9.17, 15) is 4.79 Å². The van der Waals surface area contributed by atoms with Gasteiger partial charge in [0.25, 0.3) is 11.9 Å². The van der Waals surface area contributed by atoms with Crippen LogP contribution >= 0.6 is 46.1 Å². The van der Waals surface area contributed by atoms with Crippen molar-refractivity contribution in [3.05, 3.63) is 62.9 Å². The van der Waals surface area contributed by atoms with Crippen LogP contribution in [-0.4, -0.2) is 26.6 Å². The van der Waals surface area contributed by atoms with Crippen LogP contribution < -0.4 is 10.1 Å². The summed E-state index contributed by atoms with van der Waals surface area (Å²) in [4.78, 5) is 17.4. The molecule has 2 aromatic heterocycles. The number of ether oxygens (including phenoxy) is 1. The second-order valence-electron chi connectivity index (χ2n) is 6.08. The predicted octanol–water partition coefficient (Wildman–Crippen LogP) is 5.82. The first kappa shape index (κ1) is 20.0. The molecule has 1 atom stereocenters. The van der Waals surface area contributed by atoms with Crippen molar-refractivity contribution in [3.63, 3.8) is 0 Å². The number of carbonyl (C=O) groups is 1. The number of hydrogen-bond donors (Lipinski definition) is 1. The SMILES string of the molecule is CC(Oc1ccc(Cl)cc1)C(=O)Nc1nc2scc(-c3ccc(Cl)cc3Cl)n2n1. The summed E-state index contributed by atoms with van der Waals surface area (Å²) >= 11 is 19.5. The third-order valence-corrected chi connectivity index (χ3v) is 5.64. The molecule has 0 fully saturated rings. The molecule has 0 saturated carbocycles. The molecule has 1 unspecified atom stereocenters. The van der Waals surface area contributed by atoms with Crippen molar-refractivity contribution in [2.75, 3.05) is 5.32 Å². The number of carbonyl (C=O) groups excluding carboxylic acids is 1. The smallest absolute Gasteiger partial charge is 0.267 e. The third-order valence-electron chi connectivity index (χ3n) is 4.02. The lowest BCUT2D eigenvalue weighted by molar-refractivity contribution is -0.122. The maximum absolute atomic E-state index is 12.4. The summed E-state index contributed by atoms with van der Waals surface area (Å²) in [5, 5.41) is 10.6. The molecular formula is C19H13Cl3N4O2S. The lowest BCUT2D eigenvalue weighted by Crippen LogP contribution is -2.30. The van der Waals surface area contributed by atoms with Gasteiger partial charge in [-0.1, -0.05) is 34.8 Å². The summed E-state index contributed by atoms with van der Waals surface area (Å²) in [6.45, 7) is 1.64. The molecule has 4 rings (SSSR count). The highest BCUT2D eigenvalue weighted by molar-refractivity contribution is 7.15. The number of halogens is 3. The number of rotatable bonds is 5. The van der Waals surface area contributed by atoms with Crippen LogP contribution in [0.3, 0.4) is 0 Å². The zero-order valence-corrected chi connectivity index (χ0v) is 18.0. The van der Waals surface area contributed by atoms with Gasteiger partial charge in [-0.15, -0.1) is 16.4 Å². The van der Waals surface area contributed by atoms with Gasteiger partial charge in [0.05, 0.1) is 10.7 Å². The van der Waals surface area contributed by atoms with Crippen molar-refractivity contribution < 1.29 is 9.53 Å². The topological polar surface area (TPSA) is 68.5 Å². The van der Waals surface area contributed by atoms with Gasteiger partial charge in [0.15, 0.2) is 6.10 Å². The van der Waals surface area contributed by atoms with E-state index >= 15 is 0 Å². The van der Waals surface area contributed by atoms with E-state index in [1.807, 2.05) is 11.4 Å². The summed E-state index contributed by atoms with van der Waals surface area (Å²) < 4.78 is 7.24. The van der Waals surface area contributed by atoms with E-state index in [0.29, 0.717) is 25.8 Å². The van der Waals surface area contributed by atoms with Gasteiger partial charge in [0, 0.05) is 21.0 Å². The molecule has 148 valence electrons. The van der Waals surface area contributed by atoms with Crippen LogP contribution in [0.2, 0.25) is 15.1 Å². The molecule has 2 heterocycles. The summed E-state index contributed by atoms with van der Waals surface area (Å²) in [5.41, 5.74) is 1.52. The number of amides is 1. The summed E-state index contributed by atoms with van der Waals surface area (Å²) in [6, 6.07) is 12.0. The molecule has 0 aliphatic heterocycles. The Morgan fingerprint density at radius 1 is 1.14 bits per heavy atom. The Balaban J connectivity index is 1.52. The number of fused-ring (bicyclic) bond motifs is 1. The van der Waals surface area contributed by atoms with Crippen LogP contribution in [0.1, 0.15) is 6.92 Å². The summed E-state index contributed by atoms with van der Waals surface area (Å²) in [7, 11) is 0. The van der Waals surface area contributed by atoms with E-state index in [4.69, 9.17) is 39.5 Å². The van der Waals surface area contributed by atoms with Crippen LogP contribution in [-0.2, 0) is 4.79 Å². The van der Waals surface area contributed by atoms with Crippen molar-refractivity contribution in [1.29, 1.82) is 0 Å². The van der Waals surface area contributed by atoms with E-state index in [2.05, 4.69) is 15.4 Å². The van der Waals surface area contributed by atoms with Gasteiger partial charge < -0.3 is 4.74 Å². The summed E-state index contributed by atoms with van der Waals surface area (Å²) in [5.74, 6) is 0.347. The molecule has 0 spiro atoms. The summed E-state index contributed by atoms with van der Waals surface area (Å²) in [6.07, 6.45) is -0.747. The quantitative estimate of drug-likeness (QED) is 0.401. The lowest BCUT2D eigenvalue weighted by atomic mass is 10.2. The molecule has 0 aliphatic rings. The lowest BCUT2D eigenvalue weighted by Gasteiger charge is -2.13. The van der Waals surface area contributed by atoms with Crippen LogP contribution in [0.5, 0.6) is 5.75 Å². The highest BCUT2D eigenvalue weighted by Gasteiger charge is 2.19. The zero-order valence-electron chi connectivity index (χ0n) is 14.9. The first-order valence-corrected chi connectivity index (χ1v) is 10.4. The predicted molar refractivity (Wildman–Crippen MR) is 116 cm³/mol. The maximum atomic E-state index is 12.4. The molecule has 10 heteroatoms.